The first kappa shape index (κ1) is 19.9. The zero-order chi connectivity index (χ0) is 18.4. The van der Waals surface area contributed by atoms with E-state index in [1.54, 1.807) is 13.8 Å². The number of nitrogens with zero attached hydrogens (tertiary/aromatic N) is 1. The molecule has 0 bridgehead atoms. The largest absolute Gasteiger partial charge is 0.368 e. The number of carbonyl (C=O) groups excluding carboxylic acids is 4. The van der Waals surface area contributed by atoms with E-state index in [1.165, 1.54) is 11.8 Å². The molecular weight excluding hydrogens is 314 g/mol. The van der Waals surface area contributed by atoms with E-state index in [9.17, 15) is 19.2 Å². The van der Waals surface area contributed by atoms with Gasteiger partial charge in [0.2, 0.25) is 23.6 Å². The summed E-state index contributed by atoms with van der Waals surface area (Å²) < 4.78 is 0. The summed E-state index contributed by atoms with van der Waals surface area (Å²) in [6.07, 6.45) is 1.23. The minimum atomic E-state index is -0.812. The molecule has 9 nitrogen and oxygen atoms in total. The van der Waals surface area contributed by atoms with Crippen molar-refractivity contribution < 1.29 is 19.2 Å². The van der Waals surface area contributed by atoms with Crippen LogP contribution in [0, 0.1) is 5.92 Å². The number of rotatable bonds is 7. The average molecular weight is 341 g/mol. The maximum Gasteiger partial charge on any atom is 0.245 e. The summed E-state index contributed by atoms with van der Waals surface area (Å²) in [5.41, 5.74) is 11.0. The minimum absolute atomic E-state index is 0.0468. The molecule has 0 aliphatic carbocycles. The lowest BCUT2D eigenvalue weighted by atomic mass is 10.1. The lowest BCUT2D eigenvalue weighted by molar-refractivity contribution is -0.140. The Bertz CT molecular complexity index is 508. The van der Waals surface area contributed by atoms with E-state index in [0.29, 0.717) is 19.4 Å². The monoisotopic (exact) mass is 341 g/mol. The summed E-state index contributed by atoms with van der Waals surface area (Å²) in [6.45, 7) is 5.30. The third kappa shape index (κ3) is 5.19. The van der Waals surface area contributed by atoms with Gasteiger partial charge in [-0.2, -0.15) is 0 Å². The number of hydrogen-bond acceptors (Lipinski definition) is 5. The third-order valence-electron chi connectivity index (χ3n) is 4.06. The van der Waals surface area contributed by atoms with Gasteiger partial charge in [0.05, 0.1) is 12.6 Å². The quantitative estimate of drug-likeness (QED) is 0.425. The van der Waals surface area contributed by atoms with Crippen LogP contribution in [0.1, 0.15) is 33.6 Å². The molecule has 1 heterocycles. The molecule has 0 aromatic carbocycles. The Morgan fingerprint density at radius 1 is 1.21 bits per heavy atom. The molecule has 24 heavy (non-hydrogen) atoms. The average Bonchev–Trinajstić information content (AvgIpc) is 3.00. The van der Waals surface area contributed by atoms with Gasteiger partial charge in [0.15, 0.2) is 0 Å². The molecule has 6 N–H and O–H groups in total. The lowest BCUT2D eigenvalue weighted by Gasteiger charge is -2.26. The second-order valence-corrected chi connectivity index (χ2v) is 6.37. The van der Waals surface area contributed by atoms with Crippen molar-refractivity contribution in [3.8, 4) is 0 Å². The molecule has 3 atom stereocenters. The first-order valence-corrected chi connectivity index (χ1v) is 8.07. The second kappa shape index (κ2) is 8.62. The minimum Gasteiger partial charge on any atom is -0.368 e. The van der Waals surface area contributed by atoms with E-state index >= 15 is 0 Å². The van der Waals surface area contributed by atoms with E-state index in [4.69, 9.17) is 11.5 Å². The van der Waals surface area contributed by atoms with Crippen molar-refractivity contribution in [1.29, 1.82) is 0 Å². The number of hydrogen-bond donors (Lipinski definition) is 4. The highest BCUT2D eigenvalue weighted by atomic mass is 16.2. The standard InChI is InChI=1S/C15H27N5O4/c1-8(2)12(16)14(23)18-7-11(21)19-9(3)15(24)20-6-4-5-10(20)13(17)22/h8-10,12H,4-7,16H2,1-3H3,(H2,17,22)(H,18,23)(H,19,21)/t9-,10-,12-/m0/s1. The fraction of sp³-hybridized carbons (Fsp3) is 0.733. The highest BCUT2D eigenvalue weighted by Crippen LogP contribution is 2.17. The summed E-state index contributed by atoms with van der Waals surface area (Å²) in [6, 6.07) is -2.13. The van der Waals surface area contributed by atoms with Crippen LogP contribution < -0.4 is 22.1 Å². The Hall–Kier alpha value is -2.16. The predicted molar refractivity (Wildman–Crippen MR) is 87.4 cm³/mol. The van der Waals surface area contributed by atoms with Crippen LogP contribution in [0.2, 0.25) is 0 Å². The predicted octanol–water partition coefficient (Wildman–Crippen LogP) is -1.93. The molecular formula is C15H27N5O4. The van der Waals surface area contributed by atoms with Gasteiger partial charge in [-0.3, -0.25) is 19.2 Å². The normalized spacial score (nSPS) is 19.7. The van der Waals surface area contributed by atoms with E-state index in [2.05, 4.69) is 10.6 Å². The molecule has 0 aromatic rings. The van der Waals surface area contributed by atoms with Crippen molar-refractivity contribution in [1.82, 2.24) is 15.5 Å². The van der Waals surface area contributed by atoms with Gasteiger partial charge < -0.3 is 27.0 Å². The van der Waals surface area contributed by atoms with Gasteiger partial charge in [-0.25, -0.2) is 0 Å². The molecule has 1 aliphatic heterocycles. The Morgan fingerprint density at radius 2 is 1.83 bits per heavy atom. The fourth-order valence-corrected chi connectivity index (χ4v) is 2.52. The molecule has 1 rings (SSSR count). The number of nitrogens with two attached hydrogens (primary N) is 2. The maximum absolute atomic E-state index is 12.3. The summed E-state index contributed by atoms with van der Waals surface area (Å²) in [7, 11) is 0. The number of primary amides is 1. The van der Waals surface area contributed by atoms with Gasteiger partial charge >= 0.3 is 0 Å². The van der Waals surface area contributed by atoms with Gasteiger partial charge in [-0.15, -0.1) is 0 Å². The Balaban J connectivity index is 2.47. The van der Waals surface area contributed by atoms with Crippen LogP contribution in [0.15, 0.2) is 0 Å². The van der Waals surface area contributed by atoms with Crippen molar-refractivity contribution in [2.24, 2.45) is 17.4 Å². The number of amides is 4. The summed E-state index contributed by atoms with van der Waals surface area (Å²) in [5, 5.41) is 4.93. The summed E-state index contributed by atoms with van der Waals surface area (Å²) >= 11 is 0. The molecule has 0 unspecified atom stereocenters. The number of nitrogens with one attached hydrogen (secondary N) is 2. The highest BCUT2D eigenvalue weighted by molar-refractivity contribution is 5.93. The number of likely N-dealkylation sites (tertiary alicyclic amines) is 1. The molecule has 0 radical (unpaired) electrons. The van der Waals surface area contributed by atoms with Crippen LogP contribution in [0.25, 0.3) is 0 Å². The molecule has 1 aliphatic rings. The Morgan fingerprint density at radius 3 is 2.38 bits per heavy atom. The topological polar surface area (TPSA) is 148 Å². The fourth-order valence-electron chi connectivity index (χ4n) is 2.52. The van der Waals surface area contributed by atoms with Crippen LogP contribution in [0.3, 0.4) is 0 Å². The molecule has 9 heteroatoms. The van der Waals surface area contributed by atoms with E-state index in [0.717, 1.165) is 0 Å². The van der Waals surface area contributed by atoms with Crippen LogP contribution >= 0.6 is 0 Å². The Kier molecular flexibility index (Phi) is 7.15. The van der Waals surface area contributed by atoms with Crippen LogP contribution in [0.4, 0.5) is 0 Å². The summed E-state index contributed by atoms with van der Waals surface area (Å²) in [4.78, 5) is 48.6. The third-order valence-corrected chi connectivity index (χ3v) is 4.06. The highest BCUT2D eigenvalue weighted by Gasteiger charge is 2.35. The van der Waals surface area contributed by atoms with Crippen molar-refractivity contribution in [3.05, 3.63) is 0 Å². The molecule has 0 spiro atoms. The van der Waals surface area contributed by atoms with E-state index in [-0.39, 0.29) is 18.4 Å². The van der Waals surface area contributed by atoms with Gasteiger partial charge in [0.25, 0.3) is 0 Å². The van der Waals surface area contributed by atoms with Crippen molar-refractivity contribution >= 4 is 23.6 Å². The molecule has 136 valence electrons. The first-order chi connectivity index (χ1) is 11.1. The second-order valence-electron chi connectivity index (χ2n) is 6.37. The summed E-state index contributed by atoms with van der Waals surface area (Å²) in [5.74, 6) is -1.89. The van der Waals surface area contributed by atoms with Gasteiger partial charge in [-0.05, 0) is 25.7 Å². The van der Waals surface area contributed by atoms with Crippen LogP contribution in [-0.2, 0) is 19.2 Å². The molecule has 1 saturated heterocycles. The first-order valence-electron chi connectivity index (χ1n) is 8.07. The smallest absolute Gasteiger partial charge is 0.245 e. The molecule has 0 saturated carbocycles. The zero-order valence-corrected chi connectivity index (χ0v) is 14.4. The van der Waals surface area contributed by atoms with Crippen LogP contribution in [0.5, 0.6) is 0 Å². The molecule has 1 fully saturated rings. The Labute approximate surface area is 141 Å². The lowest BCUT2D eigenvalue weighted by Crippen LogP contribution is -2.53. The van der Waals surface area contributed by atoms with Crippen molar-refractivity contribution in [2.45, 2.75) is 51.7 Å². The van der Waals surface area contributed by atoms with Crippen molar-refractivity contribution in [2.75, 3.05) is 13.1 Å². The zero-order valence-electron chi connectivity index (χ0n) is 14.4. The maximum atomic E-state index is 12.3. The van der Waals surface area contributed by atoms with Crippen molar-refractivity contribution in [3.63, 3.8) is 0 Å². The van der Waals surface area contributed by atoms with Crippen LogP contribution in [-0.4, -0.2) is 59.7 Å². The van der Waals surface area contributed by atoms with E-state index < -0.39 is 35.8 Å². The number of carbonyl (C=O) groups is 4. The molecule has 4 amide bonds. The SMILES string of the molecule is CC(C)[C@H](N)C(=O)NCC(=O)N[C@@H](C)C(=O)N1CCC[C@H]1C(N)=O. The molecule has 0 aromatic heterocycles. The van der Waals surface area contributed by atoms with Gasteiger partial charge in [0.1, 0.15) is 12.1 Å². The van der Waals surface area contributed by atoms with Gasteiger partial charge in [0, 0.05) is 6.54 Å². The van der Waals surface area contributed by atoms with E-state index in [1.807, 2.05) is 0 Å². The van der Waals surface area contributed by atoms with Gasteiger partial charge in [-0.1, -0.05) is 13.8 Å².